The van der Waals surface area contributed by atoms with Crippen molar-refractivity contribution >= 4 is 22.2 Å². The lowest BCUT2D eigenvalue weighted by molar-refractivity contribution is 0.0466. The Bertz CT molecular complexity index is 1290. The van der Waals surface area contributed by atoms with Gasteiger partial charge in [-0.1, -0.05) is 24.3 Å². The number of fused-ring (bicyclic) bond motifs is 2. The van der Waals surface area contributed by atoms with E-state index in [1.54, 1.807) is 19.2 Å². The molecule has 0 unspecified atom stereocenters. The van der Waals surface area contributed by atoms with Gasteiger partial charge in [-0.05, 0) is 80.2 Å². The molecule has 1 aromatic carbocycles. The first kappa shape index (κ1) is 26.8. The molecule has 5 rings (SSSR count). The second-order valence-corrected chi connectivity index (χ2v) is 12.5. The zero-order chi connectivity index (χ0) is 26.9. The van der Waals surface area contributed by atoms with Crippen molar-refractivity contribution in [3.05, 3.63) is 60.2 Å². The lowest BCUT2D eigenvalue weighted by atomic mass is 9.58. The summed E-state index contributed by atoms with van der Waals surface area (Å²) in [4.78, 5) is 16.5. The number of rotatable bonds is 6. The summed E-state index contributed by atoms with van der Waals surface area (Å²) in [6.45, 7) is 1.65. The number of benzene rings is 1. The summed E-state index contributed by atoms with van der Waals surface area (Å²) < 4.78 is 47.2. The summed E-state index contributed by atoms with van der Waals surface area (Å²) in [7, 11) is -3.63. The third-order valence-corrected chi connectivity index (χ3v) is 10.2. The molecular formula is C28H34FN3O5S. The Labute approximate surface area is 222 Å². The summed E-state index contributed by atoms with van der Waals surface area (Å²) in [6.07, 6.45) is 8.31. The molecule has 3 fully saturated rings. The average Bonchev–Trinajstić information content (AvgIpc) is 3.15. The van der Waals surface area contributed by atoms with Crippen LogP contribution < -0.4 is 10.0 Å². The number of amides is 1. The molecule has 1 amide bonds. The fourth-order valence-corrected chi connectivity index (χ4v) is 8.59. The van der Waals surface area contributed by atoms with Crippen LogP contribution in [-0.4, -0.2) is 55.1 Å². The number of hydrogen-bond acceptors (Lipinski definition) is 6. The van der Waals surface area contributed by atoms with Gasteiger partial charge in [0.25, 0.3) is 0 Å². The van der Waals surface area contributed by atoms with E-state index in [1.165, 1.54) is 12.1 Å². The number of hydrogen-bond donors (Lipinski definition) is 3. The highest BCUT2D eigenvalue weighted by Gasteiger charge is 2.56. The lowest BCUT2D eigenvalue weighted by Crippen LogP contribution is -2.51. The van der Waals surface area contributed by atoms with Gasteiger partial charge in [0, 0.05) is 29.8 Å². The normalized spacial score (nSPS) is 31.9. The van der Waals surface area contributed by atoms with Gasteiger partial charge >= 0.3 is 6.09 Å². The molecule has 3 N–H and O–H groups in total. The van der Waals surface area contributed by atoms with E-state index in [2.05, 4.69) is 21.1 Å². The molecule has 204 valence electrons. The lowest BCUT2D eigenvalue weighted by Gasteiger charge is -2.48. The minimum absolute atomic E-state index is 0.0137. The molecule has 1 aliphatic heterocycles. The van der Waals surface area contributed by atoms with E-state index in [0.29, 0.717) is 13.0 Å². The van der Waals surface area contributed by atoms with Crippen molar-refractivity contribution in [1.29, 1.82) is 0 Å². The Morgan fingerprint density at radius 1 is 1.24 bits per heavy atom. The van der Waals surface area contributed by atoms with E-state index in [0.717, 1.165) is 36.1 Å². The molecule has 0 bridgehead atoms. The van der Waals surface area contributed by atoms with Crippen LogP contribution in [0.5, 0.6) is 0 Å². The number of nitrogens with zero attached hydrogens (tertiary/aromatic N) is 1. The van der Waals surface area contributed by atoms with Gasteiger partial charge in [0.1, 0.15) is 11.1 Å². The molecule has 10 heteroatoms. The summed E-state index contributed by atoms with van der Waals surface area (Å²) in [5, 5.41) is 12.1. The number of ether oxygens (including phenoxy) is 1. The highest BCUT2D eigenvalue weighted by Crippen LogP contribution is 2.51. The zero-order valence-electron chi connectivity index (χ0n) is 21.3. The number of aromatic nitrogens is 1. The van der Waals surface area contributed by atoms with Crippen LogP contribution in [0.2, 0.25) is 0 Å². The topological polar surface area (TPSA) is 118 Å². The smallest absolute Gasteiger partial charge is 0.407 e. The Hall–Kier alpha value is -2.82. The maximum absolute atomic E-state index is 13.6. The van der Waals surface area contributed by atoms with Crippen LogP contribution in [0.25, 0.3) is 17.2 Å². The Kier molecular flexibility index (Phi) is 7.83. The van der Waals surface area contributed by atoms with Crippen molar-refractivity contribution in [2.24, 2.45) is 23.7 Å². The second kappa shape index (κ2) is 11.1. The highest BCUT2D eigenvalue weighted by atomic mass is 32.2. The van der Waals surface area contributed by atoms with Crippen LogP contribution in [0.15, 0.2) is 48.7 Å². The van der Waals surface area contributed by atoms with Crippen molar-refractivity contribution in [3.8, 4) is 11.1 Å². The van der Waals surface area contributed by atoms with Crippen LogP contribution >= 0.6 is 0 Å². The number of carbonyl (C=O) groups excluding carboxylic acids is 1. The van der Waals surface area contributed by atoms with Gasteiger partial charge in [0.15, 0.2) is 0 Å². The number of halogens is 1. The van der Waals surface area contributed by atoms with Crippen LogP contribution in [-0.2, 0) is 14.8 Å². The molecule has 8 nitrogen and oxygen atoms in total. The Morgan fingerprint density at radius 2 is 2.08 bits per heavy atom. The fraction of sp³-hybridized carbons (Fsp3) is 0.500. The SMILES string of the molecule is CCOC(=O)N[C@@H]1CC[C@@H]2[C@@H](C1)C[C@H]1NS(=O)(=O)[C@H](CO)[C@H]1[C@H]2/C=C/c1ccc(-c2cccc(F)c2)cn1. The van der Waals surface area contributed by atoms with Gasteiger partial charge in [0.2, 0.25) is 10.0 Å². The molecule has 38 heavy (non-hydrogen) atoms. The number of nitrogens with one attached hydrogen (secondary N) is 2. The summed E-state index contributed by atoms with van der Waals surface area (Å²) in [5.74, 6) is -0.185. The summed E-state index contributed by atoms with van der Waals surface area (Å²) in [6, 6.07) is 9.82. The summed E-state index contributed by atoms with van der Waals surface area (Å²) in [5.41, 5.74) is 2.27. The predicted molar refractivity (Wildman–Crippen MR) is 142 cm³/mol. The molecule has 3 aliphatic rings. The third-order valence-electron chi connectivity index (χ3n) is 8.36. The second-order valence-electron chi connectivity index (χ2n) is 10.5. The molecule has 7 atom stereocenters. The van der Waals surface area contributed by atoms with Gasteiger partial charge < -0.3 is 15.2 Å². The van der Waals surface area contributed by atoms with E-state index in [1.807, 2.05) is 24.3 Å². The molecule has 0 spiro atoms. The van der Waals surface area contributed by atoms with Crippen molar-refractivity contribution in [1.82, 2.24) is 15.0 Å². The van der Waals surface area contributed by atoms with E-state index in [-0.39, 0.29) is 41.6 Å². The number of allylic oxidation sites excluding steroid dienone is 1. The van der Waals surface area contributed by atoms with E-state index in [4.69, 9.17) is 4.74 Å². The number of carbonyl (C=O) groups is 1. The van der Waals surface area contributed by atoms with Crippen LogP contribution in [0.4, 0.5) is 9.18 Å². The maximum Gasteiger partial charge on any atom is 0.407 e. The standard InChI is InChI=1S/C28H34FN3O5S/c1-2-37-28(34)31-22-9-10-23-19(13-22)14-25-27(26(16-33)38(35,36)32-25)24(23)11-8-21-7-6-18(15-30-21)17-4-3-5-20(29)12-17/h3-8,11-12,15,19,22-27,32-33H,2,9-10,13-14,16H2,1H3,(H,31,34)/b11-8+/t19-,22+,23+,24-,25+,26+,27-/m0/s1. The average molecular weight is 544 g/mol. The number of alkyl carbamates (subject to hydrolysis) is 1. The minimum Gasteiger partial charge on any atom is -0.450 e. The number of aliphatic hydroxyl groups is 1. The molecule has 2 aromatic rings. The summed E-state index contributed by atoms with van der Waals surface area (Å²) >= 11 is 0. The van der Waals surface area contributed by atoms with Gasteiger partial charge in [-0.2, -0.15) is 0 Å². The predicted octanol–water partition coefficient (Wildman–Crippen LogP) is 3.73. The first-order valence-electron chi connectivity index (χ1n) is 13.2. The maximum atomic E-state index is 13.6. The van der Waals surface area contributed by atoms with Gasteiger partial charge in [0.05, 0.1) is 18.9 Å². The van der Waals surface area contributed by atoms with Crippen LogP contribution in [0.1, 0.15) is 38.3 Å². The van der Waals surface area contributed by atoms with E-state index < -0.39 is 28.0 Å². The number of pyridine rings is 1. The van der Waals surface area contributed by atoms with E-state index >= 15 is 0 Å². The number of sulfonamides is 1. The quantitative estimate of drug-likeness (QED) is 0.511. The van der Waals surface area contributed by atoms with Gasteiger partial charge in [-0.3, -0.25) is 4.98 Å². The molecule has 1 aromatic heterocycles. The largest absolute Gasteiger partial charge is 0.450 e. The zero-order valence-corrected chi connectivity index (χ0v) is 22.1. The Morgan fingerprint density at radius 3 is 2.79 bits per heavy atom. The van der Waals surface area contributed by atoms with Gasteiger partial charge in [-0.25, -0.2) is 22.3 Å². The Balaban J connectivity index is 1.38. The minimum atomic E-state index is -3.63. The number of aliphatic hydroxyl groups excluding tert-OH is 1. The molecule has 2 aliphatic carbocycles. The molecular weight excluding hydrogens is 509 g/mol. The highest BCUT2D eigenvalue weighted by molar-refractivity contribution is 7.90. The van der Waals surface area contributed by atoms with Crippen LogP contribution in [0, 0.1) is 29.5 Å². The van der Waals surface area contributed by atoms with Crippen LogP contribution in [0.3, 0.4) is 0 Å². The van der Waals surface area contributed by atoms with Crippen molar-refractivity contribution in [2.75, 3.05) is 13.2 Å². The molecule has 0 radical (unpaired) electrons. The molecule has 2 heterocycles. The van der Waals surface area contributed by atoms with Gasteiger partial charge in [-0.15, -0.1) is 0 Å². The molecule has 2 saturated carbocycles. The first-order chi connectivity index (χ1) is 18.3. The third kappa shape index (κ3) is 5.48. The van der Waals surface area contributed by atoms with Crippen molar-refractivity contribution in [3.63, 3.8) is 0 Å². The molecule has 1 saturated heterocycles. The van der Waals surface area contributed by atoms with Crippen molar-refractivity contribution in [2.45, 2.75) is 49.9 Å². The van der Waals surface area contributed by atoms with E-state index in [9.17, 15) is 22.7 Å². The fourth-order valence-electron chi connectivity index (χ4n) is 6.75. The first-order valence-corrected chi connectivity index (χ1v) is 14.8. The monoisotopic (exact) mass is 543 g/mol. The van der Waals surface area contributed by atoms with Crippen molar-refractivity contribution < 1.29 is 27.4 Å².